The first kappa shape index (κ1) is 13.4. The highest BCUT2D eigenvalue weighted by Crippen LogP contribution is 2.20. The van der Waals surface area contributed by atoms with Crippen LogP contribution in [0.4, 0.5) is 5.69 Å². The number of anilines is 1. The first-order chi connectivity index (χ1) is 8.81. The minimum Gasteiger partial charge on any atom is -0.398 e. The van der Waals surface area contributed by atoms with Crippen molar-refractivity contribution in [2.45, 2.75) is 38.8 Å². The average molecular weight is 248 g/mol. The van der Waals surface area contributed by atoms with Gasteiger partial charge in [0.15, 0.2) is 0 Å². The molecule has 0 spiro atoms. The molecule has 1 aromatic carbocycles. The van der Waals surface area contributed by atoms with E-state index in [1.54, 1.807) is 0 Å². The monoisotopic (exact) mass is 248 g/mol. The highest BCUT2D eigenvalue weighted by Gasteiger charge is 2.21. The topological polar surface area (TPSA) is 38.5 Å². The molecule has 0 bridgehead atoms. The van der Waals surface area contributed by atoms with E-state index in [0.717, 1.165) is 44.8 Å². The van der Waals surface area contributed by atoms with E-state index in [-0.39, 0.29) is 0 Å². The van der Waals surface area contributed by atoms with Crippen LogP contribution >= 0.6 is 0 Å². The van der Waals surface area contributed by atoms with Crippen LogP contribution < -0.4 is 5.73 Å². The molecule has 1 aliphatic heterocycles. The Balaban J connectivity index is 2.03. The van der Waals surface area contributed by atoms with Gasteiger partial charge in [0, 0.05) is 31.5 Å². The maximum absolute atomic E-state index is 6.04. The summed E-state index contributed by atoms with van der Waals surface area (Å²) in [5, 5.41) is 0. The molecule has 0 aromatic heterocycles. The van der Waals surface area contributed by atoms with E-state index in [9.17, 15) is 0 Å². The molecule has 1 heterocycles. The van der Waals surface area contributed by atoms with Gasteiger partial charge in [-0.3, -0.25) is 4.90 Å². The van der Waals surface area contributed by atoms with Crippen molar-refractivity contribution in [3.8, 4) is 0 Å². The summed E-state index contributed by atoms with van der Waals surface area (Å²) in [4.78, 5) is 2.56. The predicted molar refractivity (Wildman–Crippen MR) is 75.4 cm³/mol. The summed E-state index contributed by atoms with van der Waals surface area (Å²) in [7, 11) is 0. The van der Waals surface area contributed by atoms with Gasteiger partial charge in [-0.05, 0) is 37.4 Å². The van der Waals surface area contributed by atoms with Crippen molar-refractivity contribution in [1.82, 2.24) is 4.90 Å². The van der Waals surface area contributed by atoms with Crippen molar-refractivity contribution in [3.63, 3.8) is 0 Å². The zero-order valence-electron chi connectivity index (χ0n) is 11.3. The number of ether oxygens (including phenoxy) is 1. The SMILES string of the molecule is CCCN(Cc1ccccc1N)C1CCOCC1. The Hall–Kier alpha value is -1.06. The first-order valence-electron chi connectivity index (χ1n) is 6.96. The Morgan fingerprint density at radius 1 is 1.28 bits per heavy atom. The van der Waals surface area contributed by atoms with Crippen LogP contribution in [0.5, 0.6) is 0 Å². The highest BCUT2D eigenvalue weighted by molar-refractivity contribution is 5.46. The fraction of sp³-hybridized carbons (Fsp3) is 0.600. The van der Waals surface area contributed by atoms with E-state index < -0.39 is 0 Å². The Kier molecular flexibility index (Phi) is 5.02. The summed E-state index contributed by atoms with van der Waals surface area (Å²) in [5.41, 5.74) is 8.20. The molecule has 0 saturated carbocycles. The van der Waals surface area contributed by atoms with Gasteiger partial charge in [-0.15, -0.1) is 0 Å². The Morgan fingerprint density at radius 3 is 2.67 bits per heavy atom. The van der Waals surface area contributed by atoms with E-state index in [4.69, 9.17) is 10.5 Å². The van der Waals surface area contributed by atoms with Crippen molar-refractivity contribution >= 4 is 5.69 Å². The molecule has 1 fully saturated rings. The lowest BCUT2D eigenvalue weighted by Gasteiger charge is -2.34. The normalized spacial score (nSPS) is 17.2. The third-order valence-electron chi connectivity index (χ3n) is 3.65. The summed E-state index contributed by atoms with van der Waals surface area (Å²) in [6, 6.07) is 8.84. The largest absolute Gasteiger partial charge is 0.398 e. The molecule has 1 saturated heterocycles. The molecule has 0 unspecified atom stereocenters. The second-order valence-electron chi connectivity index (χ2n) is 5.01. The van der Waals surface area contributed by atoms with E-state index in [1.807, 2.05) is 12.1 Å². The van der Waals surface area contributed by atoms with Crippen LogP contribution in [-0.2, 0) is 11.3 Å². The summed E-state index contributed by atoms with van der Waals surface area (Å²) in [5.74, 6) is 0. The lowest BCUT2D eigenvalue weighted by molar-refractivity contribution is 0.0310. The van der Waals surface area contributed by atoms with Crippen LogP contribution in [0.15, 0.2) is 24.3 Å². The standard InChI is InChI=1S/C15H24N2O/c1-2-9-17(14-7-10-18-11-8-14)12-13-5-3-4-6-15(13)16/h3-6,14H,2,7-12,16H2,1H3. The van der Waals surface area contributed by atoms with Crippen molar-refractivity contribution in [2.24, 2.45) is 0 Å². The number of nitrogen functional groups attached to an aromatic ring is 1. The minimum atomic E-state index is 0.651. The highest BCUT2D eigenvalue weighted by atomic mass is 16.5. The second-order valence-corrected chi connectivity index (χ2v) is 5.01. The lowest BCUT2D eigenvalue weighted by Crippen LogP contribution is -2.39. The molecule has 0 atom stereocenters. The van der Waals surface area contributed by atoms with E-state index in [0.29, 0.717) is 6.04 Å². The van der Waals surface area contributed by atoms with Gasteiger partial charge in [0.25, 0.3) is 0 Å². The molecule has 3 nitrogen and oxygen atoms in total. The lowest BCUT2D eigenvalue weighted by atomic mass is 10.0. The molecule has 1 aromatic rings. The molecule has 1 aliphatic rings. The number of hydrogen-bond acceptors (Lipinski definition) is 3. The number of rotatable bonds is 5. The van der Waals surface area contributed by atoms with Gasteiger partial charge in [-0.25, -0.2) is 0 Å². The molecule has 0 amide bonds. The maximum atomic E-state index is 6.04. The number of nitrogens with two attached hydrogens (primary N) is 1. The van der Waals surface area contributed by atoms with Gasteiger partial charge < -0.3 is 10.5 Å². The summed E-state index contributed by atoms with van der Waals surface area (Å²) in [6.07, 6.45) is 3.48. The Morgan fingerprint density at radius 2 is 2.00 bits per heavy atom. The van der Waals surface area contributed by atoms with Gasteiger partial charge in [0.1, 0.15) is 0 Å². The van der Waals surface area contributed by atoms with Crippen molar-refractivity contribution in [1.29, 1.82) is 0 Å². The molecule has 0 radical (unpaired) electrons. The van der Waals surface area contributed by atoms with Crippen molar-refractivity contribution < 1.29 is 4.74 Å². The zero-order valence-corrected chi connectivity index (χ0v) is 11.3. The average Bonchev–Trinajstić information content (AvgIpc) is 2.42. The quantitative estimate of drug-likeness (QED) is 0.814. The van der Waals surface area contributed by atoms with Crippen LogP contribution in [0.1, 0.15) is 31.7 Å². The fourth-order valence-corrected chi connectivity index (χ4v) is 2.63. The predicted octanol–water partition coefficient (Wildman–Crippen LogP) is 2.66. The van der Waals surface area contributed by atoms with Crippen LogP contribution in [0.3, 0.4) is 0 Å². The molecular formula is C15H24N2O. The van der Waals surface area contributed by atoms with Crippen LogP contribution in [0, 0.1) is 0 Å². The molecule has 18 heavy (non-hydrogen) atoms. The Labute approximate surface area is 110 Å². The van der Waals surface area contributed by atoms with Crippen LogP contribution in [0.2, 0.25) is 0 Å². The van der Waals surface area contributed by atoms with E-state index in [1.165, 1.54) is 12.0 Å². The van der Waals surface area contributed by atoms with Gasteiger partial charge in [-0.2, -0.15) is 0 Å². The third kappa shape index (κ3) is 3.47. The fourth-order valence-electron chi connectivity index (χ4n) is 2.63. The smallest absolute Gasteiger partial charge is 0.0480 e. The summed E-state index contributed by atoms with van der Waals surface area (Å²) >= 11 is 0. The second kappa shape index (κ2) is 6.76. The van der Waals surface area contributed by atoms with Crippen LogP contribution in [0.25, 0.3) is 0 Å². The number of para-hydroxylation sites is 1. The van der Waals surface area contributed by atoms with E-state index in [2.05, 4.69) is 24.0 Å². The molecule has 100 valence electrons. The van der Waals surface area contributed by atoms with Gasteiger partial charge >= 0.3 is 0 Å². The molecule has 0 aliphatic carbocycles. The molecule has 2 N–H and O–H groups in total. The molecule has 2 rings (SSSR count). The Bertz CT molecular complexity index is 361. The van der Waals surface area contributed by atoms with Gasteiger partial charge in [-0.1, -0.05) is 25.1 Å². The van der Waals surface area contributed by atoms with Crippen molar-refractivity contribution in [3.05, 3.63) is 29.8 Å². The summed E-state index contributed by atoms with van der Waals surface area (Å²) in [6.45, 7) is 6.13. The molecular weight excluding hydrogens is 224 g/mol. The number of nitrogens with zero attached hydrogens (tertiary/aromatic N) is 1. The molecule has 3 heteroatoms. The summed E-state index contributed by atoms with van der Waals surface area (Å²) < 4.78 is 5.45. The maximum Gasteiger partial charge on any atom is 0.0480 e. The van der Waals surface area contributed by atoms with Gasteiger partial charge in [0.05, 0.1) is 0 Å². The van der Waals surface area contributed by atoms with Crippen molar-refractivity contribution in [2.75, 3.05) is 25.5 Å². The number of benzene rings is 1. The third-order valence-corrected chi connectivity index (χ3v) is 3.65. The van der Waals surface area contributed by atoms with E-state index >= 15 is 0 Å². The zero-order chi connectivity index (χ0) is 12.8. The van der Waals surface area contributed by atoms with Crippen LogP contribution in [-0.4, -0.2) is 30.7 Å². The van der Waals surface area contributed by atoms with Gasteiger partial charge in [0.2, 0.25) is 0 Å². The first-order valence-corrected chi connectivity index (χ1v) is 6.96. The number of hydrogen-bond donors (Lipinski definition) is 1. The minimum absolute atomic E-state index is 0.651.